The number of nitrogens with zero attached hydrogens (tertiary/aromatic N) is 5. The summed E-state index contributed by atoms with van der Waals surface area (Å²) >= 11 is 0. The highest BCUT2D eigenvalue weighted by Crippen LogP contribution is 2.40. The van der Waals surface area contributed by atoms with E-state index in [1.807, 2.05) is 6.33 Å². The number of carbonyl (C=O) groups excluding carboxylic acids is 1. The minimum Gasteiger partial charge on any atom is -0.476 e. The Bertz CT molecular complexity index is 1260. The highest BCUT2D eigenvalue weighted by atomic mass is 16.5. The smallest absolute Gasteiger partial charge is 0.240 e. The van der Waals surface area contributed by atoms with Crippen LogP contribution in [-0.2, 0) is 9.53 Å². The summed E-state index contributed by atoms with van der Waals surface area (Å²) in [5.74, 6) is 0.885. The third-order valence-corrected chi connectivity index (χ3v) is 7.96. The Morgan fingerprint density at radius 1 is 1.06 bits per heavy atom. The standard InChI is InChI=1S/C27H32N6O3/c34-25-11-18(13-28-25)14-36-27-26-24(29-17-33(26)21-5-6-21)12-23(30-27)19-1-3-20(4-2-19)31-7-9-32(10-8-31)22-15-35-16-22/h1-4,12,17-18,21-22H,5-11,13-16H2,(H,28,34)/t18-/m1/s1. The number of hydrogen-bond donors (Lipinski definition) is 1. The quantitative estimate of drug-likeness (QED) is 0.547. The lowest BCUT2D eigenvalue weighted by molar-refractivity contribution is -0.119. The zero-order valence-corrected chi connectivity index (χ0v) is 20.4. The summed E-state index contributed by atoms with van der Waals surface area (Å²) < 4.78 is 13.8. The van der Waals surface area contributed by atoms with Gasteiger partial charge in [0.15, 0.2) is 0 Å². The molecule has 1 aliphatic carbocycles. The van der Waals surface area contributed by atoms with Crippen LogP contribution in [0.2, 0.25) is 0 Å². The maximum atomic E-state index is 11.6. The molecule has 3 saturated heterocycles. The van der Waals surface area contributed by atoms with Crippen molar-refractivity contribution < 1.29 is 14.3 Å². The fourth-order valence-corrected chi connectivity index (χ4v) is 5.51. The number of hydrogen-bond acceptors (Lipinski definition) is 7. The summed E-state index contributed by atoms with van der Waals surface area (Å²) in [5, 5.41) is 2.89. The van der Waals surface area contributed by atoms with Crippen LogP contribution in [0.4, 0.5) is 5.69 Å². The first-order valence-corrected chi connectivity index (χ1v) is 13.2. The van der Waals surface area contributed by atoms with E-state index >= 15 is 0 Å². The molecule has 4 aliphatic rings. The van der Waals surface area contributed by atoms with Gasteiger partial charge in [-0.3, -0.25) is 9.69 Å². The Morgan fingerprint density at radius 3 is 2.53 bits per heavy atom. The van der Waals surface area contributed by atoms with E-state index in [0.717, 1.165) is 74.5 Å². The largest absolute Gasteiger partial charge is 0.476 e. The minimum atomic E-state index is 0.0945. The highest BCUT2D eigenvalue weighted by molar-refractivity contribution is 5.85. The van der Waals surface area contributed by atoms with Gasteiger partial charge in [-0.25, -0.2) is 9.97 Å². The predicted octanol–water partition coefficient (Wildman–Crippen LogP) is 2.47. The summed E-state index contributed by atoms with van der Waals surface area (Å²) in [6.45, 7) is 7.13. The number of anilines is 1. The molecular weight excluding hydrogens is 456 g/mol. The first kappa shape index (κ1) is 22.1. The maximum Gasteiger partial charge on any atom is 0.240 e. The fraction of sp³-hybridized carbons (Fsp3) is 0.519. The van der Waals surface area contributed by atoms with Crippen molar-refractivity contribution in [1.82, 2.24) is 24.8 Å². The molecule has 7 rings (SSSR count). The zero-order valence-electron chi connectivity index (χ0n) is 20.4. The predicted molar refractivity (Wildman–Crippen MR) is 136 cm³/mol. The van der Waals surface area contributed by atoms with Crippen LogP contribution in [-0.4, -0.2) is 83.9 Å². The maximum absolute atomic E-state index is 11.6. The molecule has 1 aromatic carbocycles. The monoisotopic (exact) mass is 488 g/mol. The number of fused-ring (bicyclic) bond motifs is 1. The normalized spacial score (nSPS) is 23.2. The molecule has 1 N–H and O–H groups in total. The van der Waals surface area contributed by atoms with Crippen molar-refractivity contribution in [1.29, 1.82) is 0 Å². The molecule has 9 nitrogen and oxygen atoms in total. The molecule has 2 aromatic heterocycles. The van der Waals surface area contributed by atoms with Gasteiger partial charge in [0.25, 0.3) is 0 Å². The summed E-state index contributed by atoms with van der Waals surface area (Å²) in [7, 11) is 0. The van der Waals surface area contributed by atoms with E-state index < -0.39 is 0 Å². The van der Waals surface area contributed by atoms with Crippen LogP contribution >= 0.6 is 0 Å². The van der Waals surface area contributed by atoms with Gasteiger partial charge in [0.2, 0.25) is 11.8 Å². The average molecular weight is 489 g/mol. The lowest BCUT2D eigenvalue weighted by Crippen LogP contribution is -2.56. The van der Waals surface area contributed by atoms with Gasteiger partial charge in [-0.15, -0.1) is 0 Å². The van der Waals surface area contributed by atoms with Gasteiger partial charge in [-0.05, 0) is 31.0 Å². The number of rotatable bonds is 7. The Labute approximate surface area is 210 Å². The molecule has 0 radical (unpaired) electrons. The van der Waals surface area contributed by atoms with Crippen molar-refractivity contribution in [3.8, 4) is 17.1 Å². The van der Waals surface area contributed by atoms with Crippen LogP contribution in [0.25, 0.3) is 22.3 Å². The van der Waals surface area contributed by atoms with Gasteiger partial charge in [0.05, 0.1) is 43.4 Å². The summed E-state index contributed by atoms with van der Waals surface area (Å²) in [6.07, 6.45) is 4.75. The molecule has 3 aliphatic heterocycles. The molecule has 1 saturated carbocycles. The second-order valence-electron chi connectivity index (χ2n) is 10.5. The van der Waals surface area contributed by atoms with Gasteiger partial charge < -0.3 is 24.3 Å². The Balaban J connectivity index is 1.12. The molecule has 4 fully saturated rings. The summed E-state index contributed by atoms with van der Waals surface area (Å²) in [5.41, 5.74) is 5.03. The fourth-order valence-electron chi connectivity index (χ4n) is 5.51. The van der Waals surface area contributed by atoms with Crippen molar-refractivity contribution in [3.63, 3.8) is 0 Å². The van der Waals surface area contributed by atoms with Crippen LogP contribution in [0.3, 0.4) is 0 Å². The number of nitrogens with one attached hydrogen (secondary N) is 1. The number of pyridine rings is 1. The van der Waals surface area contributed by atoms with Crippen molar-refractivity contribution in [2.75, 3.05) is 57.4 Å². The van der Waals surface area contributed by atoms with Crippen LogP contribution in [0.1, 0.15) is 25.3 Å². The highest BCUT2D eigenvalue weighted by Gasteiger charge is 2.30. The summed E-state index contributed by atoms with van der Waals surface area (Å²) in [6, 6.07) is 11.9. The first-order chi connectivity index (χ1) is 17.7. The van der Waals surface area contributed by atoms with Gasteiger partial charge in [0.1, 0.15) is 5.52 Å². The molecule has 0 bridgehead atoms. The van der Waals surface area contributed by atoms with E-state index in [-0.39, 0.29) is 11.8 Å². The minimum absolute atomic E-state index is 0.0945. The second kappa shape index (κ2) is 9.05. The van der Waals surface area contributed by atoms with Gasteiger partial charge >= 0.3 is 0 Å². The Kier molecular flexibility index (Phi) is 5.54. The van der Waals surface area contributed by atoms with Gasteiger partial charge in [0, 0.05) is 62.4 Å². The van der Waals surface area contributed by atoms with Crippen LogP contribution in [0, 0.1) is 5.92 Å². The SMILES string of the molecule is O=C1C[C@@H](COc2nc(-c3ccc(N4CCN(C5COC5)CC4)cc3)cc3ncn(C4CC4)c23)CN1. The van der Waals surface area contributed by atoms with E-state index in [1.165, 1.54) is 5.69 Å². The number of amides is 1. The molecule has 36 heavy (non-hydrogen) atoms. The third kappa shape index (κ3) is 4.20. The lowest BCUT2D eigenvalue weighted by atomic mass is 10.1. The average Bonchev–Trinajstić information content (AvgIpc) is 3.49. The number of imidazole rings is 1. The van der Waals surface area contributed by atoms with E-state index in [0.29, 0.717) is 37.5 Å². The lowest BCUT2D eigenvalue weighted by Gasteiger charge is -2.43. The van der Waals surface area contributed by atoms with Crippen LogP contribution in [0.15, 0.2) is 36.7 Å². The van der Waals surface area contributed by atoms with Crippen molar-refractivity contribution in [2.24, 2.45) is 5.92 Å². The Hall–Kier alpha value is -3.17. The van der Waals surface area contributed by atoms with Crippen molar-refractivity contribution in [3.05, 3.63) is 36.7 Å². The number of carbonyl (C=O) groups is 1. The van der Waals surface area contributed by atoms with E-state index in [9.17, 15) is 4.79 Å². The Morgan fingerprint density at radius 2 is 1.86 bits per heavy atom. The zero-order chi connectivity index (χ0) is 24.1. The van der Waals surface area contributed by atoms with Crippen LogP contribution < -0.4 is 15.0 Å². The number of piperazine rings is 1. The molecule has 1 amide bonds. The molecule has 5 heterocycles. The van der Waals surface area contributed by atoms with E-state index in [2.05, 4.69) is 50.0 Å². The first-order valence-electron chi connectivity index (χ1n) is 13.2. The van der Waals surface area contributed by atoms with Crippen molar-refractivity contribution in [2.45, 2.75) is 31.3 Å². The van der Waals surface area contributed by atoms with E-state index in [4.69, 9.17) is 19.4 Å². The molecule has 0 spiro atoms. The van der Waals surface area contributed by atoms with E-state index in [1.54, 1.807) is 0 Å². The van der Waals surface area contributed by atoms with Gasteiger partial charge in [-0.2, -0.15) is 0 Å². The molecule has 3 aromatic rings. The number of benzene rings is 1. The molecule has 1 atom stereocenters. The van der Waals surface area contributed by atoms with Crippen LogP contribution in [0.5, 0.6) is 5.88 Å². The molecule has 9 heteroatoms. The number of aromatic nitrogens is 3. The third-order valence-electron chi connectivity index (χ3n) is 7.96. The van der Waals surface area contributed by atoms with Gasteiger partial charge in [-0.1, -0.05) is 12.1 Å². The summed E-state index contributed by atoms with van der Waals surface area (Å²) in [4.78, 5) is 26.3. The van der Waals surface area contributed by atoms with Crippen molar-refractivity contribution >= 4 is 22.6 Å². The molecule has 0 unspecified atom stereocenters. The molecular formula is C27H32N6O3. The molecule has 188 valence electrons. The topological polar surface area (TPSA) is 84.8 Å². The number of ether oxygens (including phenoxy) is 2. The second-order valence-corrected chi connectivity index (χ2v) is 10.5.